The zero-order valence-electron chi connectivity index (χ0n) is 10.9. The Morgan fingerprint density at radius 2 is 1.50 bits per heavy atom. The van der Waals surface area contributed by atoms with Crippen LogP contribution in [0.5, 0.6) is 0 Å². The molecule has 1 heteroatoms. The molecule has 1 aromatic rings. The van der Waals surface area contributed by atoms with Gasteiger partial charge in [-0.2, -0.15) is 0 Å². The van der Waals surface area contributed by atoms with Crippen LogP contribution >= 0.6 is 0 Å². The second-order valence-corrected chi connectivity index (χ2v) is 7.31. The first-order valence-electron chi connectivity index (χ1n) is 7.63. The van der Waals surface area contributed by atoms with Gasteiger partial charge >= 0.3 is 0 Å². The van der Waals surface area contributed by atoms with E-state index in [0.29, 0.717) is 5.41 Å². The van der Waals surface area contributed by atoms with Crippen LogP contribution in [0.2, 0.25) is 0 Å². The fourth-order valence-corrected chi connectivity index (χ4v) is 5.83. The van der Waals surface area contributed by atoms with Crippen LogP contribution in [-0.2, 0) is 12.8 Å². The smallest absolute Gasteiger partial charge is 0.00157 e. The van der Waals surface area contributed by atoms with Gasteiger partial charge in [0.05, 0.1) is 0 Å². The normalized spacial score (nSPS) is 42.4. The topological polar surface area (TPSA) is 3.24 Å². The summed E-state index contributed by atoms with van der Waals surface area (Å²) in [6.45, 7) is 4.22. The fourth-order valence-electron chi connectivity index (χ4n) is 5.83. The third-order valence-corrected chi connectivity index (χ3v) is 6.49. The molecule has 0 amide bonds. The molecule has 3 aliphatic heterocycles. The molecule has 0 radical (unpaired) electrons. The van der Waals surface area contributed by atoms with Crippen molar-refractivity contribution in [3.05, 3.63) is 35.4 Å². The fraction of sp³-hybridized carbons (Fsp3) is 0.647. The molecule has 94 valence electrons. The van der Waals surface area contributed by atoms with E-state index in [1.165, 1.54) is 45.3 Å². The third-order valence-electron chi connectivity index (χ3n) is 6.49. The van der Waals surface area contributed by atoms with Crippen LogP contribution in [0.4, 0.5) is 0 Å². The second-order valence-electron chi connectivity index (χ2n) is 7.31. The third kappa shape index (κ3) is 1.12. The summed E-state index contributed by atoms with van der Waals surface area (Å²) in [5.74, 6) is 3.03. The molecule has 4 fully saturated rings. The second kappa shape index (κ2) is 3.19. The van der Waals surface area contributed by atoms with Gasteiger partial charge < -0.3 is 4.90 Å². The Bertz CT molecular complexity index is 449. The van der Waals surface area contributed by atoms with Gasteiger partial charge in [-0.25, -0.2) is 0 Å². The van der Waals surface area contributed by atoms with Gasteiger partial charge in [-0.3, -0.25) is 0 Å². The average Bonchev–Trinajstić information content (AvgIpc) is 2.75. The molecule has 0 aromatic heterocycles. The minimum Gasteiger partial charge on any atom is -0.302 e. The molecule has 1 saturated carbocycles. The highest BCUT2D eigenvalue weighted by Gasteiger charge is 2.58. The van der Waals surface area contributed by atoms with Crippen molar-refractivity contribution in [3.8, 4) is 0 Å². The Kier molecular flexibility index (Phi) is 1.78. The van der Waals surface area contributed by atoms with E-state index in [0.717, 1.165) is 17.8 Å². The summed E-state index contributed by atoms with van der Waals surface area (Å²) < 4.78 is 0. The van der Waals surface area contributed by atoms with E-state index < -0.39 is 0 Å². The van der Waals surface area contributed by atoms with Crippen LogP contribution in [-0.4, -0.2) is 24.5 Å². The predicted octanol–water partition coefficient (Wildman–Crippen LogP) is 2.74. The molecule has 3 heterocycles. The Morgan fingerprint density at radius 1 is 0.889 bits per heavy atom. The summed E-state index contributed by atoms with van der Waals surface area (Å²) in [6.07, 6.45) is 5.83. The van der Waals surface area contributed by atoms with Crippen LogP contribution < -0.4 is 0 Å². The van der Waals surface area contributed by atoms with E-state index in [9.17, 15) is 0 Å². The van der Waals surface area contributed by atoms with Gasteiger partial charge in [-0.05, 0) is 60.0 Å². The van der Waals surface area contributed by atoms with Crippen LogP contribution in [0.25, 0.3) is 0 Å². The number of hydrogen-bond donors (Lipinski definition) is 0. The van der Waals surface area contributed by atoms with E-state index in [-0.39, 0.29) is 0 Å². The molecule has 2 unspecified atom stereocenters. The maximum Gasteiger partial charge on any atom is 0.00157 e. The molecule has 2 atom stereocenters. The minimum absolute atomic E-state index is 0.664. The molecule has 1 nitrogen and oxygen atoms in total. The summed E-state index contributed by atoms with van der Waals surface area (Å²) in [5, 5.41) is 0. The van der Waals surface area contributed by atoms with Crippen molar-refractivity contribution in [1.82, 2.24) is 4.90 Å². The highest BCUT2D eigenvalue weighted by atomic mass is 15.2. The lowest BCUT2D eigenvalue weighted by molar-refractivity contribution is -0.122. The largest absolute Gasteiger partial charge is 0.302 e. The number of nitrogens with zero attached hydrogens (tertiary/aromatic N) is 1. The lowest BCUT2D eigenvalue weighted by Crippen LogP contribution is -2.63. The van der Waals surface area contributed by atoms with Crippen molar-refractivity contribution in [1.29, 1.82) is 0 Å². The number of rotatable bonds is 0. The van der Waals surface area contributed by atoms with Gasteiger partial charge in [-0.1, -0.05) is 24.3 Å². The number of hydrogen-bond acceptors (Lipinski definition) is 1. The van der Waals surface area contributed by atoms with E-state index in [2.05, 4.69) is 29.2 Å². The zero-order valence-corrected chi connectivity index (χ0v) is 10.9. The lowest BCUT2D eigenvalue weighted by Gasteiger charge is -2.61. The summed E-state index contributed by atoms with van der Waals surface area (Å²) >= 11 is 0. The summed E-state index contributed by atoms with van der Waals surface area (Å²) in [5.41, 5.74) is 4.00. The molecule has 5 aliphatic rings. The molecule has 0 N–H and O–H groups in total. The van der Waals surface area contributed by atoms with E-state index >= 15 is 0 Å². The highest BCUT2D eigenvalue weighted by Crippen LogP contribution is 2.59. The van der Waals surface area contributed by atoms with Gasteiger partial charge in [0.15, 0.2) is 0 Å². The minimum atomic E-state index is 0.664. The quantitative estimate of drug-likeness (QED) is 0.673. The van der Waals surface area contributed by atoms with E-state index in [1.54, 1.807) is 11.1 Å². The van der Waals surface area contributed by atoms with Crippen LogP contribution in [0, 0.1) is 23.2 Å². The molecule has 1 aromatic carbocycles. The maximum atomic E-state index is 2.77. The zero-order chi connectivity index (χ0) is 11.7. The number of piperidine rings is 3. The molecule has 6 rings (SSSR count). The maximum absolute atomic E-state index is 2.77. The molecular weight excluding hydrogens is 218 g/mol. The van der Waals surface area contributed by atoms with Crippen molar-refractivity contribution in [2.24, 2.45) is 23.2 Å². The Hall–Kier alpha value is -0.820. The predicted molar refractivity (Wildman–Crippen MR) is 72.4 cm³/mol. The monoisotopic (exact) mass is 239 g/mol. The SMILES string of the molecule is c1ccc2c(c1)CC1(C2)C2CC3CC1CN(C3)C2. The van der Waals surface area contributed by atoms with Crippen molar-refractivity contribution in [2.75, 3.05) is 19.6 Å². The summed E-state index contributed by atoms with van der Waals surface area (Å²) in [7, 11) is 0. The Morgan fingerprint density at radius 3 is 2.06 bits per heavy atom. The van der Waals surface area contributed by atoms with Crippen LogP contribution in [0.3, 0.4) is 0 Å². The van der Waals surface area contributed by atoms with E-state index in [1.807, 2.05) is 0 Å². The van der Waals surface area contributed by atoms with Crippen molar-refractivity contribution >= 4 is 0 Å². The van der Waals surface area contributed by atoms with Gasteiger partial charge in [0.1, 0.15) is 0 Å². The molecular formula is C17H21N. The number of benzene rings is 1. The summed E-state index contributed by atoms with van der Waals surface area (Å²) in [4.78, 5) is 2.77. The van der Waals surface area contributed by atoms with Crippen molar-refractivity contribution in [3.63, 3.8) is 0 Å². The molecule has 2 aliphatic carbocycles. The van der Waals surface area contributed by atoms with Gasteiger partial charge in [0.2, 0.25) is 0 Å². The Labute approximate surface area is 109 Å². The summed E-state index contributed by atoms with van der Waals surface area (Å²) in [6, 6.07) is 9.24. The first-order chi connectivity index (χ1) is 8.83. The van der Waals surface area contributed by atoms with Crippen LogP contribution in [0.15, 0.2) is 24.3 Å². The standard InChI is InChI=1S/C17H21N/c1-2-4-14-8-17(7-13(14)3-1)15-5-12-6-16(17)11-18(9-12)10-15/h1-4,12,15-16H,5-11H2. The average molecular weight is 239 g/mol. The van der Waals surface area contributed by atoms with E-state index in [4.69, 9.17) is 0 Å². The van der Waals surface area contributed by atoms with Crippen molar-refractivity contribution in [2.45, 2.75) is 25.7 Å². The van der Waals surface area contributed by atoms with Gasteiger partial charge in [0, 0.05) is 19.6 Å². The van der Waals surface area contributed by atoms with Crippen molar-refractivity contribution < 1.29 is 0 Å². The molecule has 18 heavy (non-hydrogen) atoms. The van der Waals surface area contributed by atoms with Gasteiger partial charge in [-0.15, -0.1) is 0 Å². The number of fused-ring (bicyclic) bond motifs is 1. The molecule has 3 saturated heterocycles. The van der Waals surface area contributed by atoms with Gasteiger partial charge in [0.25, 0.3) is 0 Å². The lowest BCUT2D eigenvalue weighted by atomic mass is 9.52. The van der Waals surface area contributed by atoms with Crippen LogP contribution in [0.1, 0.15) is 24.0 Å². The highest BCUT2D eigenvalue weighted by molar-refractivity contribution is 5.36. The Balaban J connectivity index is 1.58. The molecule has 1 spiro atoms. The first-order valence-corrected chi connectivity index (χ1v) is 7.63. The molecule has 4 bridgehead atoms. The first kappa shape index (κ1) is 10.0.